The van der Waals surface area contributed by atoms with Gasteiger partial charge in [-0.2, -0.15) is 5.10 Å². The number of phenols is 1. The normalized spacial score (nSPS) is 10.3. The molecule has 3 rings (SSSR count). The predicted molar refractivity (Wildman–Crippen MR) is 69.5 cm³/mol. The monoisotopic (exact) mass is 253 g/mol. The summed E-state index contributed by atoms with van der Waals surface area (Å²) >= 11 is 0. The molecule has 0 aliphatic carbocycles. The van der Waals surface area contributed by atoms with Crippen LogP contribution in [0.2, 0.25) is 0 Å². The number of nitrogens with zero attached hydrogens (tertiary/aromatic N) is 3. The Morgan fingerprint density at radius 1 is 1.05 bits per heavy atom. The van der Waals surface area contributed by atoms with Gasteiger partial charge in [0, 0.05) is 6.07 Å². The van der Waals surface area contributed by atoms with Gasteiger partial charge in [0.15, 0.2) is 11.5 Å². The summed E-state index contributed by atoms with van der Waals surface area (Å²) in [5.41, 5.74) is 0.765. The SMILES string of the molecule is Oc1ccc(-n2cncn2)cc1Oc1ccccc1. The highest BCUT2D eigenvalue weighted by atomic mass is 16.5. The summed E-state index contributed by atoms with van der Waals surface area (Å²) in [5.74, 6) is 1.11. The number of rotatable bonds is 3. The minimum atomic E-state index is 0.0766. The van der Waals surface area contributed by atoms with Crippen LogP contribution in [0, 0.1) is 0 Å². The van der Waals surface area contributed by atoms with Crippen molar-refractivity contribution >= 4 is 0 Å². The van der Waals surface area contributed by atoms with Crippen molar-refractivity contribution in [3.63, 3.8) is 0 Å². The third-order valence-corrected chi connectivity index (χ3v) is 2.60. The number of phenolic OH excluding ortho intramolecular Hbond substituents is 1. The van der Waals surface area contributed by atoms with E-state index in [0.717, 1.165) is 5.69 Å². The molecule has 0 saturated carbocycles. The van der Waals surface area contributed by atoms with Crippen molar-refractivity contribution in [1.82, 2.24) is 14.8 Å². The highest BCUT2D eigenvalue weighted by Gasteiger charge is 2.07. The second kappa shape index (κ2) is 4.81. The van der Waals surface area contributed by atoms with Gasteiger partial charge >= 0.3 is 0 Å². The maximum absolute atomic E-state index is 9.82. The van der Waals surface area contributed by atoms with Crippen molar-refractivity contribution in [2.45, 2.75) is 0 Å². The van der Waals surface area contributed by atoms with E-state index in [1.807, 2.05) is 30.3 Å². The van der Waals surface area contributed by atoms with E-state index in [2.05, 4.69) is 10.1 Å². The van der Waals surface area contributed by atoms with Crippen LogP contribution >= 0.6 is 0 Å². The van der Waals surface area contributed by atoms with Gasteiger partial charge in [-0.3, -0.25) is 0 Å². The van der Waals surface area contributed by atoms with Crippen LogP contribution < -0.4 is 4.74 Å². The first-order valence-electron chi connectivity index (χ1n) is 5.74. The first kappa shape index (κ1) is 11.3. The van der Waals surface area contributed by atoms with E-state index < -0.39 is 0 Å². The van der Waals surface area contributed by atoms with Gasteiger partial charge in [-0.15, -0.1) is 0 Å². The number of ether oxygens (including phenoxy) is 1. The highest BCUT2D eigenvalue weighted by molar-refractivity contribution is 5.49. The fourth-order valence-corrected chi connectivity index (χ4v) is 1.68. The molecule has 0 aliphatic rings. The zero-order valence-electron chi connectivity index (χ0n) is 9.97. The highest BCUT2D eigenvalue weighted by Crippen LogP contribution is 2.32. The molecule has 0 radical (unpaired) electrons. The standard InChI is InChI=1S/C14H11N3O2/c18-13-7-6-11(17-10-15-9-16-17)8-14(13)19-12-4-2-1-3-5-12/h1-10,18H. The molecule has 0 saturated heterocycles. The number of aromatic hydroxyl groups is 1. The molecule has 1 aromatic heterocycles. The maximum atomic E-state index is 9.82. The molecule has 5 heteroatoms. The van der Waals surface area contributed by atoms with Gasteiger partial charge in [-0.05, 0) is 24.3 Å². The predicted octanol–water partition coefficient (Wildman–Crippen LogP) is 2.77. The molecule has 3 aromatic rings. The Balaban J connectivity index is 1.95. The first-order chi connectivity index (χ1) is 9.33. The minimum absolute atomic E-state index is 0.0766. The van der Waals surface area contributed by atoms with Crippen LogP contribution in [-0.4, -0.2) is 19.9 Å². The maximum Gasteiger partial charge on any atom is 0.171 e. The van der Waals surface area contributed by atoms with Crippen LogP contribution in [0.4, 0.5) is 0 Å². The summed E-state index contributed by atoms with van der Waals surface area (Å²) in [5, 5.41) is 13.9. The van der Waals surface area contributed by atoms with Gasteiger partial charge in [0.2, 0.25) is 0 Å². The van der Waals surface area contributed by atoms with Gasteiger partial charge in [0.1, 0.15) is 18.4 Å². The number of hydrogen-bond acceptors (Lipinski definition) is 4. The van der Waals surface area contributed by atoms with Crippen molar-refractivity contribution in [2.24, 2.45) is 0 Å². The molecular formula is C14H11N3O2. The van der Waals surface area contributed by atoms with Crippen molar-refractivity contribution in [3.05, 3.63) is 61.2 Å². The number of para-hydroxylation sites is 1. The smallest absolute Gasteiger partial charge is 0.171 e. The summed E-state index contributed by atoms with van der Waals surface area (Å²) in [7, 11) is 0. The molecule has 0 amide bonds. The van der Waals surface area contributed by atoms with Gasteiger partial charge in [-0.1, -0.05) is 18.2 Å². The lowest BCUT2D eigenvalue weighted by atomic mass is 10.2. The first-order valence-corrected chi connectivity index (χ1v) is 5.74. The molecule has 0 bridgehead atoms. The second-order valence-corrected chi connectivity index (χ2v) is 3.91. The Labute approximate surface area is 109 Å². The van der Waals surface area contributed by atoms with E-state index in [1.54, 1.807) is 29.2 Å². The van der Waals surface area contributed by atoms with Gasteiger partial charge in [0.05, 0.1) is 5.69 Å². The van der Waals surface area contributed by atoms with E-state index >= 15 is 0 Å². The molecule has 0 aliphatic heterocycles. The van der Waals surface area contributed by atoms with Crippen molar-refractivity contribution in [1.29, 1.82) is 0 Å². The lowest BCUT2D eigenvalue weighted by molar-refractivity contribution is 0.411. The molecule has 1 N–H and O–H groups in total. The van der Waals surface area contributed by atoms with Crippen molar-refractivity contribution in [3.8, 4) is 22.9 Å². The molecule has 0 spiro atoms. The number of benzene rings is 2. The molecule has 19 heavy (non-hydrogen) atoms. The third-order valence-electron chi connectivity index (χ3n) is 2.60. The molecule has 1 heterocycles. The summed E-state index contributed by atoms with van der Waals surface area (Å²) in [6.45, 7) is 0. The quantitative estimate of drug-likeness (QED) is 0.779. The fourth-order valence-electron chi connectivity index (χ4n) is 1.68. The van der Waals surface area contributed by atoms with Crippen molar-refractivity contribution in [2.75, 3.05) is 0 Å². The Morgan fingerprint density at radius 3 is 2.63 bits per heavy atom. The summed E-state index contributed by atoms with van der Waals surface area (Å²) < 4.78 is 7.23. The summed E-state index contributed by atoms with van der Waals surface area (Å²) in [6.07, 6.45) is 3.03. The van der Waals surface area contributed by atoms with Gasteiger partial charge < -0.3 is 9.84 Å². The molecule has 0 fully saturated rings. The number of aromatic nitrogens is 3. The zero-order chi connectivity index (χ0) is 13.1. The largest absolute Gasteiger partial charge is 0.504 e. The van der Waals surface area contributed by atoms with Crippen LogP contribution in [0.25, 0.3) is 5.69 Å². The van der Waals surface area contributed by atoms with E-state index in [0.29, 0.717) is 11.5 Å². The second-order valence-electron chi connectivity index (χ2n) is 3.91. The van der Waals surface area contributed by atoms with Crippen LogP contribution in [0.5, 0.6) is 17.2 Å². The third kappa shape index (κ3) is 2.40. The molecular weight excluding hydrogens is 242 g/mol. The van der Waals surface area contributed by atoms with Crippen LogP contribution in [0.1, 0.15) is 0 Å². The van der Waals surface area contributed by atoms with E-state index in [9.17, 15) is 5.11 Å². The lowest BCUT2D eigenvalue weighted by Gasteiger charge is -2.09. The van der Waals surface area contributed by atoms with Crippen molar-refractivity contribution < 1.29 is 9.84 Å². The summed E-state index contributed by atoms with van der Waals surface area (Å²) in [6, 6.07) is 14.3. The Hall–Kier alpha value is -2.82. The number of hydrogen-bond donors (Lipinski definition) is 1. The Kier molecular flexibility index (Phi) is 2.86. The lowest BCUT2D eigenvalue weighted by Crippen LogP contribution is -1.95. The molecule has 0 unspecified atom stereocenters. The average Bonchev–Trinajstić information content (AvgIpc) is 2.96. The van der Waals surface area contributed by atoms with Crippen LogP contribution in [-0.2, 0) is 0 Å². The van der Waals surface area contributed by atoms with Crippen LogP contribution in [0.3, 0.4) is 0 Å². The van der Waals surface area contributed by atoms with Gasteiger partial charge in [-0.25, -0.2) is 9.67 Å². The molecule has 5 nitrogen and oxygen atoms in total. The molecule has 94 valence electrons. The van der Waals surface area contributed by atoms with E-state index in [4.69, 9.17) is 4.74 Å². The van der Waals surface area contributed by atoms with Gasteiger partial charge in [0.25, 0.3) is 0 Å². The fraction of sp³-hybridized carbons (Fsp3) is 0. The van der Waals surface area contributed by atoms with E-state index in [-0.39, 0.29) is 5.75 Å². The molecule has 0 atom stereocenters. The summed E-state index contributed by atoms with van der Waals surface area (Å²) in [4.78, 5) is 3.88. The Morgan fingerprint density at radius 2 is 1.89 bits per heavy atom. The topological polar surface area (TPSA) is 60.2 Å². The Bertz CT molecular complexity index is 666. The van der Waals surface area contributed by atoms with E-state index in [1.165, 1.54) is 6.33 Å². The molecule has 2 aromatic carbocycles. The minimum Gasteiger partial charge on any atom is -0.504 e. The zero-order valence-corrected chi connectivity index (χ0v) is 9.97. The average molecular weight is 253 g/mol. The van der Waals surface area contributed by atoms with Crippen LogP contribution in [0.15, 0.2) is 61.2 Å².